The highest BCUT2D eigenvalue weighted by atomic mass is 16.5. The van der Waals surface area contributed by atoms with Gasteiger partial charge in [0.2, 0.25) is 5.91 Å². The fraction of sp³-hybridized carbons (Fsp3) is 0.176. The van der Waals surface area contributed by atoms with Gasteiger partial charge in [0, 0.05) is 11.6 Å². The van der Waals surface area contributed by atoms with Crippen molar-refractivity contribution in [2.75, 3.05) is 19.5 Å². The number of methoxy groups -OCH3 is 2. The van der Waals surface area contributed by atoms with E-state index in [-0.39, 0.29) is 5.91 Å². The van der Waals surface area contributed by atoms with Crippen LogP contribution < -0.4 is 14.8 Å². The van der Waals surface area contributed by atoms with Crippen LogP contribution in [0.25, 0.3) is 10.9 Å². The number of anilines is 1. The van der Waals surface area contributed by atoms with Gasteiger partial charge in [-0.15, -0.1) is 0 Å². The molecule has 1 N–H and O–H groups in total. The Bertz CT molecular complexity index is 1550. The van der Waals surface area contributed by atoms with Gasteiger partial charge >= 0.3 is 0 Å². The van der Waals surface area contributed by atoms with Crippen molar-refractivity contribution in [1.29, 1.82) is 0 Å². The van der Waals surface area contributed by atoms with Crippen LogP contribution in [-0.2, 0) is 24.1 Å². The molecule has 4 aromatic carbocycles. The number of aromatic nitrogens is 1. The summed E-state index contributed by atoms with van der Waals surface area (Å²) in [6.45, 7) is 0. The number of hydrogen-bond acceptors (Lipinski definition) is 4. The first-order chi connectivity index (χ1) is 19.1. The van der Waals surface area contributed by atoms with E-state index in [2.05, 4.69) is 28.5 Å². The van der Waals surface area contributed by atoms with Crippen LogP contribution in [0.15, 0.2) is 115 Å². The molecule has 39 heavy (non-hydrogen) atoms. The minimum absolute atomic E-state index is 0.0526. The average molecular weight is 517 g/mol. The van der Waals surface area contributed by atoms with E-state index < -0.39 is 5.41 Å². The summed E-state index contributed by atoms with van der Waals surface area (Å²) < 4.78 is 10.9. The van der Waals surface area contributed by atoms with E-state index in [1.165, 1.54) is 0 Å². The predicted molar refractivity (Wildman–Crippen MR) is 156 cm³/mol. The zero-order valence-corrected chi connectivity index (χ0v) is 22.3. The standard InChI is InChI=1S/C34H32N2O3/c1-38-29-18-16-26(17-19-29)23-34(22-25-9-4-3-5-10-25,24-27-11-6-14-30(21-27)39-2)33(37)36-31-15-7-12-28-13-8-20-35-32(28)31/h3-21H,22-24H2,1-2H3,(H,36,37). The maximum atomic E-state index is 14.6. The van der Waals surface area contributed by atoms with Crippen LogP contribution in [0, 0.1) is 5.41 Å². The van der Waals surface area contributed by atoms with Crippen molar-refractivity contribution in [3.8, 4) is 11.5 Å². The largest absolute Gasteiger partial charge is 0.497 e. The first-order valence-corrected chi connectivity index (χ1v) is 13.0. The quantitative estimate of drug-likeness (QED) is 0.219. The third-order valence-corrected chi connectivity index (χ3v) is 7.13. The normalized spacial score (nSPS) is 12.5. The maximum Gasteiger partial charge on any atom is 0.231 e. The van der Waals surface area contributed by atoms with Crippen molar-refractivity contribution >= 4 is 22.5 Å². The Balaban J connectivity index is 1.61. The van der Waals surface area contributed by atoms with Crippen LogP contribution in [-0.4, -0.2) is 25.1 Å². The lowest BCUT2D eigenvalue weighted by Crippen LogP contribution is -2.42. The van der Waals surface area contributed by atoms with Crippen LogP contribution in [0.2, 0.25) is 0 Å². The number of pyridine rings is 1. The molecule has 0 aliphatic rings. The molecule has 0 aliphatic carbocycles. The molecule has 0 spiro atoms. The molecule has 5 heteroatoms. The Morgan fingerprint density at radius 1 is 0.692 bits per heavy atom. The van der Waals surface area contributed by atoms with E-state index in [1.807, 2.05) is 91.0 Å². The predicted octanol–water partition coefficient (Wildman–Crippen LogP) is 6.91. The lowest BCUT2D eigenvalue weighted by atomic mass is 9.71. The van der Waals surface area contributed by atoms with Crippen molar-refractivity contribution in [1.82, 2.24) is 4.98 Å². The molecule has 5 rings (SSSR count). The van der Waals surface area contributed by atoms with Crippen LogP contribution in [0.3, 0.4) is 0 Å². The fourth-order valence-electron chi connectivity index (χ4n) is 5.18. The minimum atomic E-state index is -0.806. The van der Waals surface area contributed by atoms with E-state index >= 15 is 0 Å². The smallest absolute Gasteiger partial charge is 0.231 e. The van der Waals surface area contributed by atoms with E-state index in [0.29, 0.717) is 24.9 Å². The number of nitrogens with zero attached hydrogens (tertiary/aromatic N) is 1. The summed E-state index contributed by atoms with van der Waals surface area (Å²) in [6.07, 6.45) is 3.37. The van der Waals surface area contributed by atoms with Gasteiger partial charge in [-0.3, -0.25) is 9.78 Å². The van der Waals surface area contributed by atoms with Crippen LogP contribution in [0.5, 0.6) is 11.5 Å². The summed E-state index contributed by atoms with van der Waals surface area (Å²) in [4.78, 5) is 19.1. The molecule has 0 aliphatic heterocycles. The van der Waals surface area contributed by atoms with Crippen LogP contribution >= 0.6 is 0 Å². The van der Waals surface area contributed by atoms with Gasteiger partial charge in [0.15, 0.2) is 0 Å². The summed E-state index contributed by atoms with van der Waals surface area (Å²) in [6, 6.07) is 35.9. The molecule has 5 aromatic rings. The number of hydrogen-bond donors (Lipinski definition) is 1. The Labute approximate surface area is 229 Å². The first kappa shape index (κ1) is 26.0. The van der Waals surface area contributed by atoms with Crippen molar-refractivity contribution in [2.45, 2.75) is 19.3 Å². The molecular formula is C34H32N2O3. The summed E-state index contributed by atoms with van der Waals surface area (Å²) in [5.41, 5.74) is 3.86. The maximum absolute atomic E-state index is 14.6. The number of carbonyl (C=O) groups excluding carboxylic acids is 1. The summed E-state index contributed by atoms with van der Waals surface area (Å²) in [5, 5.41) is 4.26. The zero-order valence-electron chi connectivity index (χ0n) is 22.3. The number of fused-ring (bicyclic) bond motifs is 1. The number of para-hydroxylation sites is 1. The highest BCUT2D eigenvalue weighted by Gasteiger charge is 2.39. The highest BCUT2D eigenvalue weighted by Crippen LogP contribution is 2.36. The van der Waals surface area contributed by atoms with Crippen LogP contribution in [0.4, 0.5) is 5.69 Å². The Hall–Kier alpha value is -4.64. The third kappa shape index (κ3) is 6.10. The molecule has 5 nitrogen and oxygen atoms in total. The molecule has 1 unspecified atom stereocenters. The number of amides is 1. The number of nitrogens with one attached hydrogen (secondary N) is 1. The molecule has 0 bridgehead atoms. The Morgan fingerprint density at radius 2 is 1.33 bits per heavy atom. The van der Waals surface area contributed by atoms with Gasteiger partial charge in [-0.05, 0) is 72.4 Å². The van der Waals surface area contributed by atoms with Gasteiger partial charge in [-0.25, -0.2) is 0 Å². The Kier molecular flexibility index (Phi) is 7.88. The molecule has 1 aromatic heterocycles. The number of rotatable bonds is 10. The highest BCUT2D eigenvalue weighted by molar-refractivity contribution is 6.02. The second-order valence-electron chi connectivity index (χ2n) is 9.83. The second-order valence-corrected chi connectivity index (χ2v) is 9.83. The van der Waals surface area contributed by atoms with E-state index in [0.717, 1.165) is 39.1 Å². The monoisotopic (exact) mass is 516 g/mol. The molecule has 0 fully saturated rings. The first-order valence-electron chi connectivity index (χ1n) is 13.0. The van der Waals surface area contributed by atoms with Crippen molar-refractivity contribution < 1.29 is 14.3 Å². The van der Waals surface area contributed by atoms with Gasteiger partial charge in [0.25, 0.3) is 0 Å². The summed E-state index contributed by atoms with van der Waals surface area (Å²) >= 11 is 0. The summed E-state index contributed by atoms with van der Waals surface area (Å²) in [7, 11) is 3.32. The third-order valence-electron chi connectivity index (χ3n) is 7.13. The molecule has 1 atom stereocenters. The van der Waals surface area contributed by atoms with Gasteiger partial charge < -0.3 is 14.8 Å². The molecule has 0 saturated heterocycles. The molecule has 1 heterocycles. The lowest BCUT2D eigenvalue weighted by molar-refractivity contribution is -0.125. The van der Waals surface area contributed by atoms with Gasteiger partial charge in [-0.2, -0.15) is 0 Å². The van der Waals surface area contributed by atoms with E-state index in [4.69, 9.17) is 9.47 Å². The minimum Gasteiger partial charge on any atom is -0.497 e. The zero-order chi connectivity index (χ0) is 27.1. The SMILES string of the molecule is COc1ccc(CC(Cc2ccccc2)(Cc2cccc(OC)c2)C(=O)Nc2cccc3cccnc23)cc1. The van der Waals surface area contributed by atoms with Crippen molar-refractivity contribution in [2.24, 2.45) is 5.41 Å². The van der Waals surface area contributed by atoms with E-state index in [1.54, 1.807) is 20.4 Å². The van der Waals surface area contributed by atoms with Crippen LogP contribution in [0.1, 0.15) is 16.7 Å². The Morgan fingerprint density at radius 3 is 2.08 bits per heavy atom. The fourth-order valence-corrected chi connectivity index (χ4v) is 5.18. The molecule has 0 saturated carbocycles. The number of ether oxygens (including phenoxy) is 2. The summed E-state index contributed by atoms with van der Waals surface area (Å²) in [5.74, 6) is 1.50. The number of carbonyl (C=O) groups is 1. The lowest BCUT2D eigenvalue weighted by Gasteiger charge is -2.34. The molecule has 0 radical (unpaired) electrons. The van der Waals surface area contributed by atoms with Gasteiger partial charge in [0.05, 0.1) is 30.8 Å². The van der Waals surface area contributed by atoms with Crippen molar-refractivity contribution in [3.63, 3.8) is 0 Å². The molecular weight excluding hydrogens is 484 g/mol. The molecule has 1 amide bonds. The van der Waals surface area contributed by atoms with Gasteiger partial charge in [0.1, 0.15) is 11.5 Å². The second kappa shape index (κ2) is 11.8. The molecule has 196 valence electrons. The average Bonchev–Trinajstić information content (AvgIpc) is 2.98. The topological polar surface area (TPSA) is 60.5 Å². The number of benzene rings is 4. The van der Waals surface area contributed by atoms with Crippen molar-refractivity contribution in [3.05, 3.63) is 132 Å². The van der Waals surface area contributed by atoms with Gasteiger partial charge in [-0.1, -0.05) is 72.8 Å². The van der Waals surface area contributed by atoms with E-state index in [9.17, 15) is 4.79 Å².